The number of ketones is 2. The summed E-state index contributed by atoms with van der Waals surface area (Å²) in [5.74, 6) is -1.17. The van der Waals surface area contributed by atoms with Crippen molar-refractivity contribution in [3.05, 3.63) is 133 Å². The Hall–Kier alpha value is -3.82. The van der Waals surface area contributed by atoms with Gasteiger partial charge in [0.15, 0.2) is 11.6 Å². The maximum absolute atomic E-state index is 12.3. The van der Waals surface area contributed by atoms with Crippen LogP contribution in [0, 0.1) is 0 Å². The molecule has 2 unspecified atom stereocenters. The van der Waals surface area contributed by atoms with Gasteiger partial charge in [-0.15, -0.1) is 11.5 Å². The maximum Gasteiger partial charge on any atom is 0.164 e. The largest absolute Gasteiger partial charge is 0.387 e. The third kappa shape index (κ3) is 32.1. The van der Waals surface area contributed by atoms with Crippen LogP contribution in [-0.4, -0.2) is 45.2 Å². The van der Waals surface area contributed by atoms with E-state index in [0.29, 0.717) is 12.8 Å². The predicted molar refractivity (Wildman–Crippen MR) is 221 cm³/mol. The highest BCUT2D eigenvalue weighted by Crippen LogP contribution is 2.11. The van der Waals surface area contributed by atoms with E-state index in [1.807, 2.05) is 60.8 Å². The summed E-state index contributed by atoms with van der Waals surface area (Å²) in [6.07, 6.45) is 50.6. The van der Waals surface area contributed by atoms with Crippen LogP contribution in [0.1, 0.15) is 129 Å². The topological polar surface area (TPSA) is 94.8 Å². The predicted octanol–water partition coefficient (Wildman–Crippen LogP) is 11.1. The minimum absolute atomic E-state index is 0.0334. The normalized spacial score (nSPS) is 14.0. The van der Waals surface area contributed by atoms with Crippen molar-refractivity contribution in [3.63, 3.8) is 0 Å². The fourth-order valence-electron chi connectivity index (χ4n) is 4.74. The van der Waals surface area contributed by atoms with Crippen molar-refractivity contribution in [2.24, 2.45) is 0 Å². The summed E-state index contributed by atoms with van der Waals surface area (Å²) in [5.41, 5.74) is 6.32. The Morgan fingerprint density at radius 3 is 1.21 bits per heavy atom. The lowest BCUT2D eigenvalue weighted by Crippen LogP contribution is -2.45. The van der Waals surface area contributed by atoms with Crippen molar-refractivity contribution < 1.29 is 24.9 Å². The number of aliphatic hydroxyl groups is 3. The molecule has 0 rings (SSSR count). The first-order valence-electron chi connectivity index (χ1n) is 19.6. The van der Waals surface area contributed by atoms with Gasteiger partial charge in [0.25, 0.3) is 0 Å². The standard InChI is InChI=1S/C47H68O5/c1-3-5-7-9-11-13-15-17-19-21-23-25-27-29-31-33-35-37-39-41-43(48)45(50)47(52)46(51)44(49)42-40-38-36-34-32-30-28-26-24-22-20-18-16-14-12-10-8-6-4-2/h5-8,11-14,17-18,21-26,35-38,45-47,50-52H,3-4,9-10,15-16,27-34,39-42H2,1-2H3/b7-5+,8-6+,13-11+,14-12+,25-23+,26-24+,37-35+,38-36+. The van der Waals surface area contributed by atoms with E-state index in [1.165, 1.54) is 0 Å². The van der Waals surface area contributed by atoms with Gasteiger partial charge < -0.3 is 15.3 Å². The second-order valence-corrected chi connectivity index (χ2v) is 12.5. The highest BCUT2D eigenvalue weighted by atomic mass is 16.4. The lowest BCUT2D eigenvalue weighted by Gasteiger charge is -2.21. The van der Waals surface area contributed by atoms with Crippen molar-refractivity contribution >= 4 is 11.6 Å². The molecule has 5 nitrogen and oxygen atoms in total. The van der Waals surface area contributed by atoms with E-state index in [4.69, 9.17) is 0 Å². The molecule has 0 aromatic carbocycles. The third-order valence-corrected chi connectivity index (χ3v) is 7.82. The van der Waals surface area contributed by atoms with Crippen molar-refractivity contribution in [2.45, 2.75) is 148 Å². The number of hydrogen-bond donors (Lipinski definition) is 3. The molecule has 0 bridgehead atoms. The number of carbonyl (C=O) groups is 2. The minimum Gasteiger partial charge on any atom is -0.387 e. The molecular weight excluding hydrogens is 645 g/mol. The van der Waals surface area contributed by atoms with Crippen LogP contribution in [-0.2, 0) is 9.59 Å². The van der Waals surface area contributed by atoms with Crippen LogP contribution in [0.25, 0.3) is 0 Å². The summed E-state index contributed by atoms with van der Waals surface area (Å²) < 4.78 is 0. The quantitative estimate of drug-likeness (QED) is 0.0279. The van der Waals surface area contributed by atoms with Crippen LogP contribution in [0.3, 0.4) is 0 Å². The number of unbranched alkanes of at least 4 members (excludes halogenated alkanes) is 6. The fraction of sp³-hybridized carbons (Fsp3) is 0.489. The number of Topliss-reactive ketones (excluding diaryl/α,β-unsaturated/α-hetero) is 2. The van der Waals surface area contributed by atoms with E-state index in [-0.39, 0.29) is 12.8 Å². The molecule has 0 saturated heterocycles. The van der Waals surface area contributed by atoms with E-state index in [0.717, 1.165) is 89.9 Å². The Morgan fingerprint density at radius 2 is 0.808 bits per heavy atom. The summed E-state index contributed by atoms with van der Waals surface area (Å²) in [4.78, 5) is 24.6. The molecule has 2 atom stereocenters. The molecular formula is C47H68O5. The first kappa shape index (κ1) is 48.2. The van der Waals surface area contributed by atoms with Crippen LogP contribution >= 0.6 is 0 Å². The molecule has 0 aliphatic heterocycles. The van der Waals surface area contributed by atoms with E-state index >= 15 is 0 Å². The Morgan fingerprint density at radius 1 is 0.462 bits per heavy atom. The average Bonchev–Trinajstić information content (AvgIpc) is 3.15. The Labute approximate surface area is 316 Å². The average molecular weight is 713 g/mol. The molecule has 0 aromatic rings. The lowest BCUT2D eigenvalue weighted by molar-refractivity contribution is -0.146. The highest BCUT2D eigenvalue weighted by molar-refractivity contribution is 5.87. The number of rotatable bonds is 32. The van der Waals surface area contributed by atoms with Crippen LogP contribution in [0.2, 0.25) is 0 Å². The molecule has 5 heteroatoms. The summed E-state index contributed by atoms with van der Waals surface area (Å²) >= 11 is 0. The zero-order valence-electron chi connectivity index (χ0n) is 32.2. The van der Waals surface area contributed by atoms with Gasteiger partial charge in [0.2, 0.25) is 0 Å². The number of aliphatic hydroxyl groups excluding tert-OH is 3. The highest BCUT2D eigenvalue weighted by Gasteiger charge is 2.33. The Balaban J connectivity index is 4.00. The van der Waals surface area contributed by atoms with E-state index in [9.17, 15) is 24.9 Å². The fourth-order valence-corrected chi connectivity index (χ4v) is 4.74. The Kier molecular flexibility index (Phi) is 35.6. The monoisotopic (exact) mass is 713 g/mol. The minimum atomic E-state index is -1.82. The summed E-state index contributed by atoms with van der Waals surface area (Å²) in [6, 6.07) is 0. The molecule has 0 aromatic heterocycles. The van der Waals surface area contributed by atoms with Crippen molar-refractivity contribution in [3.8, 4) is 0 Å². The van der Waals surface area contributed by atoms with Crippen LogP contribution in [0.5, 0.6) is 0 Å². The van der Waals surface area contributed by atoms with Crippen LogP contribution in [0.15, 0.2) is 133 Å². The SMILES string of the molecule is CC/C=C/C/C=C/CC=C=C/C=C/CCCC/C=C/CCC(=O)C(O)C(O)C(O)C(=O)CC/C=C/CCCC/C=C/C=C=CC/C=C/C/C=C/CC. The molecule has 0 radical (unpaired) electrons. The lowest BCUT2D eigenvalue weighted by atomic mass is 9.97. The van der Waals surface area contributed by atoms with Gasteiger partial charge in [0.05, 0.1) is 0 Å². The summed E-state index contributed by atoms with van der Waals surface area (Å²) in [7, 11) is 0. The van der Waals surface area contributed by atoms with Gasteiger partial charge in [-0.05, 0) is 127 Å². The molecule has 0 spiro atoms. The van der Waals surface area contributed by atoms with Crippen LogP contribution < -0.4 is 0 Å². The zero-order chi connectivity index (χ0) is 38.2. The molecule has 0 aliphatic carbocycles. The van der Waals surface area contributed by atoms with Crippen molar-refractivity contribution in [1.29, 1.82) is 0 Å². The van der Waals surface area contributed by atoms with Gasteiger partial charge >= 0.3 is 0 Å². The molecule has 0 heterocycles. The third-order valence-electron chi connectivity index (χ3n) is 7.82. The van der Waals surface area contributed by atoms with E-state index in [2.05, 4.69) is 86.1 Å². The molecule has 0 aliphatic rings. The van der Waals surface area contributed by atoms with Gasteiger partial charge in [-0.1, -0.05) is 111 Å². The zero-order valence-corrected chi connectivity index (χ0v) is 32.2. The maximum atomic E-state index is 12.3. The molecule has 0 fully saturated rings. The molecule has 0 saturated carbocycles. The van der Waals surface area contributed by atoms with Gasteiger partial charge in [-0.3, -0.25) is 9.59 Å². The van der Waals surface area contributed by atoms with E-state index in [1.54, 1.807) is 0 Å². The molecule has 52 heavy (non-hydrogen) atoms. The summed E-state index contributed by atoms with van der Waals surface area (Å²) in [6.45, 7) is 4.26. The number of hydrogen-bond acceptors (Lipinski definition) is 5. The Bertz CT molecular complexity index is 1170. The van der Waals surface area contributed by atoms with E-state index < -0.39 is 29.9 Å². The van der Waals surface area contributed by atoms with Gasteiger partial charge in [-0.25, -0.2) is 0 Å². The second-order valence-electron chi connectivity index (χ2n) is 12.5. The first-order chi connectivity index (χ1) is 25.5. The van der Waals surface area contributed by atoms with Gasteiger partial charge in [-0.2, -0.15) is 0 Å². The molecule has 0 amide bonds. The number of allylic oxidation sites excluding steroid dienone is 18. The number of carbonyl (C=O) groups excluding carboxylic acids is 2. The van der Waals surface area contributed by atoms with Crippen molar-refractivity contribution in [2.75, 3.05) is 0 Å². The first-order valence-corrected chi connectivity index (χ1v) is 19.6. The smallest absolute Gasteiger partial charge is 0.164 e. The van der Waals surface area contributed by atoms with Crippen molar-refractivity contribution in [1.82, 2.24) is 0 Å². The summed E-state index contributed by atoms with van der Waals surface area (Å²) in [5, 5.41) is 30.6. The molecule has 286 valence electrons. The second kappa shape index (κ2) is 38.4. The molecule has 3 N–H and O–H groups in total. The van der Waals surface area contributed by atoms with Gasteiger partial charge in [0, 0.05) is 12.8 Å². The van der Waals surface area contributed by atoms with Gasteiger partial charge in [0.1, 0.15) is 18.3 Å². The van der Waals surface area contributed by atoms with Crippen LogP contribution in [0.4, 0.5) is 0 Å².